The molecule has 2 aliphatic rings. The van der Waals surface area contributed by atoms with Crippen LogP contribution in [-0.4, -0.2) is 43.3 Å². The maximum atomic E-state index is 13.8. The minimum Gasteiger partial charge on any atom is -0.398 e. The van der Waals surface area contributed by atoms with Gasteiger partial charge in [-0.25, -0.2) is 18.7 Å². The number of anilines is 4. The van der Waals surface area contributed by atoms with E-state index >= 15 is 0 Å². The molecule has 2 saturated carbocycles. The summed E-state index contributed by atoms with van der Waals surface area (Å²) in [5, 5.41) is 11.5. The first kappa shape index (κ1) is 34.6. The number of hydrogen-bond donors (Lipinski definition) is 4. The van der Waals surface area contributed by atoms with Crippen LogP contribution in [0.2, 0.25) is 0 Å². The van der Waals surface area contributed by atoms with Crippen molar-refractivity contribution in [2.24, 2.45) is 25.9 Å². The van der Waals surface area contributed by atoms with E-state index in [1.165, 1.54) is 15.3 Å². The summed E-state index contributed by atoms with van der Waals surface area (Å²) in [4.78, 5) is 60.9. The highest BCUT2D eigenvalue weighted by Gasteiger charge is 2.44. The lowest BCUT2D eigenvalue weighted by molar-refractivity contribution is -0.118. The van der Waals surface area contributed by atoms with Crippen molar-refractivity contribution in [3.8, 4) is 22.3 Å². The van der Waals surface area contributed by atoms with Gasteiger partial charge in [-0.05, 0) is 101 Å². The molecule has 0 saturated heterocycles. The summed E-state index contributed by atoms with van der Waals surface area (Å²) in [5.74, 6) is -1.74. The monoisotopic (exact) mass is 730 g/mol. The zero-order valence-corrected chi connectivity index (χ0v) is 29.6. The number of pyridine rings is 4. The fraction of sp³-hybridized carbons (Fsp3) is 0.250. The summed E-state index contributed by atoms with van der Waals surface area (Å²) in [5.41, 5.74) is 10.5. The highest BCUT2D eigenvalue weighted by molar-refractivity contribution is 6.02. The van der Waals surface area contributed by atoms with Crippen LogP contribution in [0.5, 0.6) is 0 Å². The van der Waals surface area contributed by atoms with Crippen LogP contribution in [0, 0.1) is 18.8 Å². The summed E-state index contributed by atoms with van der Waals surface area (Å²) in [7, 11) is 3.33. The zero-order valence-electron chi connectivity index (χ0n) is 29.6. The number of aromatic nitrogens is 4. The smallest absolute Gasteiger partial charge is 0.258 e. The van der Waals surface area contributed by atoms with Gasteiger partial charge in [-0.15, -0.1) is 0 Å². The van der Waals surface area contributed by atoms with E-state index in [9.17, 15) is 28.0 Å². The second kappa shape index (κ2) is 13.2. The average molecular weight is 731 g/mol. The highest BCUT2D eigenvalue weighted by Crippen LogP contribution is 2.37. The van der Waals surface area contributed by atoms with Gasteiger partial charge in [0.2, 0.25) is 11.8 Å². The number of nitrogens with one attached hydrogen (secondary N) is 3. The molecule has 14 heteroatoms. The molecule has 5 N–H and O–H groups in total. The highest BCUT2D eigenvalue weighted by atomic mass is 19.1. The quantitative estimate of drug-likeness (QED) is 0.139. The van der Waals surface area contributed by atoms with E-state index < -0.39 is 36.0 Å². The molecular formula is C40H36F2N8O4. The number of benzene rings is 2. The van der Waals surface area contributed by atoms with E-state index in [0.29, 0.717) is 60.7 Å². The zero-order chi connectivity index (χ0) is 38.0. The van der Waals surface area contributed by atoms with Gasteiger partial charge in [-0.1, -0.05) is 0 Å². The second-order valence-corrected chi connectivity index (χ2v) is 14.1. The second-order valence-electron chi connectivity index (χ2n) is 14.1. The van der Waals surface area contributed by atoms with Crippen molar-refractivity contribution in [1.82, 2.24) is 19.1 Å². The Labute approximate surface area is 307 Å². The van der Waals surface area contributed by atoms with E-state index in [1.807, 2.05) is 31.2 Å². The molecule has 2 aliphatic carbocycles. The summed E-state index contributed by atoms with van der Waals surface area (Å²) in [6.07, 6.45) is 4.57. The molecule has 274 valence electrons. The summed E-state index contributed by atoms with van der Waals surface area (Å²) >= 11 is 0. The van der Waals surface area contributed by atoms with E-state index in [4.69, 9.17) is 5.73 Å². The van der Waals surface area contributed by atoms with Gasteiger partial charge in [0.15, 0.2) is 0 Å². The third-order valence-electron chi connectivity index (χ3n) is 10.2. The number of rotatable bonds is 9. The standard InChI is InChI=1S/C40H36F2N8O4/c1-19-4-6-49(2)39(53)35(19)24-9-22-13-34(48-38(52)26-15-30(26)42)46-18-28(22)32(11-24)44-16-20-5-7-50(3)40(54)36(20)23-8-21-12-33(45-17-27(21)31(43)10-23)47-37(51)25-14-29(25)41/h4-13,17-18,25-26,29-30,44H,14-16,43H2,1-3H3,(H,45,47,51)(H,46,48,52)/t25-,26+,29+,30-/m1/s1. The number of nitrogens with zero attached hydrogens (tertiary/aromatic N) is 4. The lowest BCUT2D eigenvalue weighted by Crippen LogP contribution is -2.21. The number of aryl methyl sites for hydroxylation is 3. The van der Waals surface area contributed by atoms with Crippen LogP contribution in [-0.2, 0) is 30.2 Å². The number of nitrogen functional groups attached to an aromatic ring is 1. The van der Waals surface area contributed by atoms with Gasteiger partial charge >= 0.3 is 0 Å². The van der Waals surface area contributed by atoms with Gasteiger partial charge in [0.05, 0.1) is 23.0 Å². The van der Waals surface area contributed by atoms with Gasteiger partial charge in [-0.3, -0.25) is 19.2 Å². The predicted molar refractivity (Wildman–Crippen MR) is 205 cm³/mol. The normalized spacial score (nSPS) is 18.8. The number of hydrogen-bond acceptors (Lipinski definition) is 8. The predicted octanol–water partition coefficient (Wildman–Crippen LogP) is 5.61. The van der Waals surface area contributed by atoms with Crippen LogP contribution < -0.4 is 32.8 Å². The van der Waals surface area contributed by atoms with Crippen LogP contribution in [0.25, 0.3) is 43.8 Å². The molecule has 8 rings (SSSR count). The first-order valence-electron chi connectivity index (χ1n) is 17.5. The Hall–Kier alpha value is -6.44. The first-order valence-corrected chi connectivity index (χ1v) is 17.5. The number of fused-ring (bicyclic) bond motifs is 2. The Morgan fingerprint density at radius 1 is 0.778 bits per heavy atom. The van der Waals surface area contributed by atoms with E-state index in [1.54, 1.807) is 57.0 Å². The Balaban J connectivity index is 1.18. The van der Waals surface area contributed by atoms with Gasteiger partial charge in [0, 0.05) is 67.6 Å². The van der Waals surface area contributed by atoms with Gasteiger partial charge in [-0.2, -0.15) is 0 Å². The molecule has 2 fully saturated rings. The topological polar surface area (TPSA) is 166 Å². The van der Waals surface area contributed by atoms with Gasteiger partial charge in [0.1, 0.15) is 24.0 Å². The molecule has 0 aliphatic heterocycles. The molecule has 2 aromatic carbocycles. The SMILES string of the molecule is Cc1ccn(C)c(=O)c1-c1cc(NCc2ccn(C)c(=O)c2-c2cc(N)c3cnc(NC(=O)[C@@H]4C[C@@H]4F)cc3c2)c2cnc(NC(=O)[C@H]3C[C@H]3F)cc2c1. The molecular weight excluding hydrogens is 694 g/mol. The molecule has 0 bridgehead atoms. The van der Waals surface area contributed by atoms with E-state index in [0.717, 1.165) is 5.56 Å². The Morgan fingerprint density at radius 2 is 1.30 bits per heavy atom. The summed E-state index contributed by atoms with van der Waals surface area (Å²) in [6, 6.07) is 14.2. The van der Waals surface area contributed by atoms with E-state index in [2.05, 4.69) is 25.9 Å². The Morgan fingerprint density at radius 3 is 1.89 bits per heavy atom. The molecule has 0 unspecified atom stereocenters. The molecule has 2 amide bonds. The number of carbonyl (C=O) groups is 2. The molecule has 6 aromatic rings. The minimum absolute atomic E-state index is 0.176. The molecule has 54 heavy (non-hydrogen) atoms. The van der Waals surface area contributed by atoms with Crippen LogP contribution in [0.3, 0.4) is 0 Å². The van der Waals surface area contributed by atoms with E-state index in [-0.39, 0.29) is 42.1 Å². The Bertz CT molecular complexity index is 2670. The lowest BCUT2D eigenvalue weighted by atomic mass is 9.97. The number of halogens is 2. The number of amides is 2. The fourth-order valence-corrected chi connectivity index (χ4v) is 6.81. The molecule has 4 aromatic heterocycles. The van der Waals surface area contributed by atoms with Gasteiger partial charge in [0.25, 0.3) is 11.1 Å². The van der Waals surface area contributed by atoms with Crippen molar-refractivity contribution in [1.29, 1.82) is 0 Å². The van der Waals surface area contributed by atoms with Crippen molar-refractivity contribution in [3.05, 3.63) is 105 Å². The van der Waals surface area contributed by atoms with Crippen molar-refractivity contribution in [3.63, 3.8) is 0 Å². The van der Waals surface area contributed by atoms with Crippen LogP contribution >= 0.6 is 0 Å². The minimum atomic E-state index is -1.16. The fourth-order valence-electron chi connectivity index (χ4n) is 6.81. The molecule has 0 radical (unpaired) electrons. The maximum absolute atomic E-state index is 13.8. The van der Waals surface area contributed by atoms with Crippen molar-refractivity contribution in [2.75, 3.05) is 21.7 Å². The summed E-state index contributed by atoms with van der Waals surface area (Å²) in [6.45, 7) is 2.03. The number of carbonyl (C=O) groups excluding carboxylic acids is 2. The largest absolute Gasteiger partial charge is 0.398 e. The van der Waals surface area contributed by atoms with Crippen molar-refractivity contribution in [2.45, 2.75) is 38.7 Å². The Kier molecular flexibility index (Phi) is 8.47. The molecule has 4 atom stereocenters. The molecule has 4 heterocycles. The molecule has 0 spiro atoms. The van der Waals surface area contributed by atoms with Crippen LogP contribution in [0.1, 0.15) is 24.0 Å². The maximum Gasteiger partial charge on any atom is 0.258 e. The third kappa shape index (κ3) is 6.44. The first-order chi connectivity index (χ1) is 25.9. The van der Waals surface area contributed by atoms with Crippen LogP contribution in [0.4, 0.5) is 31.8 Å². The van der Waals surface area contributed by atoms with Crippen molar-refractivity contribution >= 4 is 56.4 Å². The molecule has 12 nitrogen and oxygen atoms in total. The van der Waals surface area contributed by atoms with Crippen molar-refractivity contribution < 1.29 is 18.4 Å². The van der Waals surface area contributed by atoms with Crippen LogP contribution in [0.15, 0.2) is 82.9 Å². The average Bonchev–Trinajstić information content (AvgIpc) is 4.07. The summed E-state index contributed by atoms with van der Waals surface area (Å²) < 4.78 is 30.1. The number of nitrogens with two attached hydrogens (primary N) is 1. The lowest BCUT2D eigenvalue weighted by Gasteiger charge is -2.17. The number of alkyl halides is 2. The van der Waals surface area contributed by atoms with Gasteiger partial charge < -0.3 is 30.8 Å². The third-order valence-corrected chi connectivity index (χ3v) is 10.2.